The second kappa shape index (κ2) is 7.95. The molecule has 1 fully saturated rings. The van der Waals surface area contributed by atoms with E-state index >= 15 is 0 Å². The number of carbonyl (C=O) groups excluding carboxylic acids is 1. The van der Waals surface area contributed by atoms with Crippen LogP contribution in [0.1, 0.15) is 48.0 Å². The first kappa shape index (κ1) is 20.4. The van der Waals surface area contributed by atoms with Crippen LogP contribution < -0.4 is 0 Å². The molecule has 0 amide bonds. The molecular formula is C20H30O4. The molecular weight excluding hydrogens is 304 g/mol. The smallest absolute Gasteiger partial charge is 0.333 e. The summed E-state index contributed by atoms with van der Waals surface area (Å²) >= 11 is 0. The molecule has 0 bridgehead atoms. The summed E-state index contributed by atoms with van der Waals surface area (Å²) < 4.78 is 11.6. The molecule has 4 heteroatoms. The molecule has 0 aromatic heterocycles. The molecule has 4 nitrogen and oxygen atoms in total. The highest BCUT2D eigenvalue weighted by Crippen LogP contribution is 2.38. The number of rotatable bonds is 5. The molecule has 1 aliphatic heterocycles. The molecule has 1 saturated heterocycles. The fourth-order valence-corrected chi connectivity index (χ4v) is 2.69. The Morgan fingerprint density at radius 3 is 2.50 bits per heavy atom. The number of aliphatic hydroxyl groups excluding tert-OH is 1. The van der Waals surface area contributed by atoms with E-state index in [2.05, 4.69) is 6.58 Å². The van der Waals surface area contributed by atoms with E-state index in [1.165, 1.54) is 0 Å². The first-order valence-electron chi connectivity index (χ1n) is 8.25. The topological polar surface area (TPSA) is 55.8 Å². The molecule has 1 rings (SSSR count). The summed E-state index contributed by atoms with van der Waals surface area (Å²) in [5, 5.41) is 10.5. The molecule has 0 aromatic rings. The summed E-state index contributed by atoms with van der Waals surface area (Å²) in [5.74, 6) is -0.409. The second-order valence-electron chi connectivity index (χ2n) is 7.06. The van der Waals surface area contributed by atoms with Crippen molar-refractivity contribution in [2.24, 2.45) is 0 Å². The van der Waals surface area contributed by atoms with E-state index in [0.29, 0.717) is 12.0 Å². The molecule has 0 aliphatic carbocycles. The highest BCUT2D eigenvalue weighted by molar-refractivity contribution is 5.87. The van der Waals surface area contributed by atoms with Crippen LogP contribution in [-0.4, -0.2) is 34.5 Å². The summed E-state index contributed by atoms with van der Waals surface area (Å²) in [6.07, 6.45) is 8.10. The average molecular weight is 334 g/mol. The zero-order valence-corrected chi connectivity index (χ0v) is 15.6. The SMILES string of the molecule is C=C/C(C)=C/C=C/[C@]1(C)C[C@@H](OC(=O)/C(C)=C\C)[C@H](O)C(C)(C)O1. The quantitative estimate of drug-likeness (QED) is 0.471. The van der Waals surface area contributed by atoms with E-state index in [9.17, 15) is 9.90 Å². The van der Waals surface area contributed by atoms with Crippen LogP contribution in [0.3, 0.4) is 0 Å². The predicted octanol–water partition coefficient (Wildman–Crippen LogP) is 3.87. The van der Waals surface area contributed by atoms with Crippen molar-refractivity contribution in [3.05, 3.63) is 48.1 Å². The van der Waals surface area contributed by atoms with Crippen molar-refractivity contribution in [2.45, 2.75) is 71.4 Å². The zero-order valence-electron chi connectivity index (χ0n) is 15.6. The molecule has 0 unspecified atom stereocenters. The van der Waals surface area contributed by atoms with Crippen molar-refractivity contribution >= 4 is 5.97 Å². The number of esters is 1. The van der Waals surface area contributed by atoms with Gasteiger partial charge in [0.05, 0.1) is 11.2 Å². The van der Waals surface area contributed by atoms with Crippen molar-refractivity contribution in [1.29, 1.82) is 0 Å². The van der Waals surface area contributed by atoms with E-state index in [0.717, 1.165) is 5.57 Å². The van der Waals surface area contributed by atoms with Crippen LogP contribution in [0.15, 0.2) is 48.1 Å². The maximum absolute atomic E-state index is 12.1. The largest absolute Gasteiger partial charge is 0.456 e. The van der Waals surface area contributed by atoms with Crippen LogP contribution in [0.5, 0.6) is 0 Å². The number of ether oxygens (including phenoxy) is 2. The van der Waals surface area contributed by atoms with Crippen molar-refractivity contribution in [3.63, 3.8) is 0 Å². The summed E-state index contributed by atoms with van der Waals surface area (Å²) in [4.78, 5) is 12.1. The van der Waals surface area contributed by atoms with Gasteiger partial charge in [-0.2, -0.15) is 0 Å². The Morgan fingerprint density at radius 1 is 1.33 bits per heavy atom. The lowest BCUT2D eigenvalue weighted by Crippen LogP contribution is -2.59. The van der Waals surface area contributed by atoms with Gasteiger partial charge in [0.2, 0.25) is 0 Å². The van der Waals surface area contributed by atoms with Crippen LogP contribution in [-0.2, 0) is 14.3 Å². The van der Waals surface area contributed by atoms with Gasteiger partial charge in [-0.3, -0.25) is 0 Å². The fraction of sp³-hybridized carbons (Fsp3) is 0.550. The number of carbonyl (C=O) groups is 1. The third kappa shape index (κ3) is 5.18. The summed E-state index contributed by atoms with van der Waals surface area (Å²) in [6, 6.07) is 0. The lowest BCUT2D eigenvalue weighted by molar-refractivity contribution is -0.239. The number of aliphatic hydroxyl groups is 1. The Morgan fingerprint density at radius 2 is 1.96 bits per heavy atom. The van der Waals surface area contributed by atoms with Gasteiger partial charge in [0.25, 0.3) is 0 Å². The molecule has 24 heavy (non-hydrogen) atoms. The number of hydrogen-bond acceptors (Lipinski definition) is 4. The lowest BCUT2D eigenvalue weighted by Gasteiger charge is -2.48. The summed E-state index contributed by atoms with van der Waals surface area (Å²) in [7, 11) is 0. The van der Waals surface area contributed by atoms with E-state index in [1.807, 2.05) is 32.1 Å². The molecule has 0 spiro atoms. The summed E-state index contributed by atoms with van der Waals surface area (Å²) in [6.45, 7) is 14.7. The molecule has 3 atom stereocenters. The van der Waals surface area contributed by atoms with E-state index in [-0.39, 0.29) is 0 Å². The van der Waals surface area contributed by atoms with Crippen LogP contribution in [0.4, 0.5) is 0 Å². The Labute approximate surface area is 145 Å². The molecule has 1 N–H and O–H groups in total. The van der Waals surface area contributed by atoms with Crippen molar-refractivity contribution in [2.75, 3.05) is 0 Å². The Kier molecular flexibility index (Phi) is 6.76. The van der Waals surface area contributed by atoms with Gasteiger partial charge in [0.15, 0.2) is 0 Å². The van der Waals surface area contributed by atoms with Crippen LogP contribution in [0, 0.1) is 0 Å². The third-order valence-electron chi connectivity index (χ3n) is 4.31. The van der Waals surface area contributed by atoms with Gasteiger partial charge in [-0.05, 0) is 41.5 Å². The lowest BCUT2D eigenvalue weighted by atomic mass is 9.83. The average Bonchev–Trinajstić information content (AvgIpc) is 2.50. The standard InChI is InChI=1S/C20H30O4/c1-8-14(3)11-10-12-20(7)13-16(17(21)19(5,6)24-20)23-18(22)15(4)9-2/h8-12,16-17,21H,1,13H2,2-7H3/b12-10+,14-11+,15-9-/t16-,17+,20-/m1/s1. The van der Waals surface area contributed by atoms with Gasteiger partial charge in [0, 0.05) is 12.0 Å². The van der Waals surface area contributed by atoms with Gasteiger partial charge >= 0.3 is 5.97 Å². The molecule has 1 heterocycles. The maximum atomic E-state index is 12.1. The van der Waals surface area contributed by atoms with E-state index in [1.54, 1.807) is 39.8 Å². The Balaban J connectivity index is 3.01. The molecule has 0 radical (unpaired) electrons. The number of hydrogen-bond donors (Lipinski definition) is 1. The third-order valence-corrected chi connectivity index (χ3v) is 4.31. The predicted molar refractivity (Wildman–Crippen MR) is 96.6 cm³/mol. The normalized spacial score (nSPS) is 31.1. The van der Waals surface area contributed by atoms with Crippen molar-refractivity contribution < 1.29 is 19.4 Å². The highest BCUT2D eigenvalue weighted by Gasteiger charge is 2.49. The molecule has 0 aromatic carbocycles. The maximum Gasteiger partial charge on any atom is 0.333 e. The molecule has 134 valence electrons. The van der Waals surface area contributed by atoms with E-state index in [4.69, 9.17) is 9.47 Å². The fourth-order valence-electron chi connectivity index (χ4n) is 2.69. The number of allylic oxidation sites excluding steroid dienone is 5. The van der Waals surface area contributed by atoms with Gasteiger partial charge in [-0.1, -0.05) is 42.5 Å². The minimum atomic E-state index is -0.891. The summed E-state index contributed by atoms with van der Waals surface area (Å²) in [5.41, 5.74) is 0.0867. The van der Waals surface area contributed by atoms with Gasteiger partial charge in [-0.25, -0.2) is 4.79 Å². The van der Waals surface area contributed by atoms with Gasteiger partial charge in [-0.15, -0.1) is 0 Å². The van der Waals surface area contributed by atoms with Crippen LogP contribution in [0.25, 0.3) is 0 Å². The Bertz CT molecular complexity index is 568. The minimum absolute atomic E-state index is 0.387. The molecule has 0 saturated carbocycles. The first-order valence-corrected chi connectivity index (χ1v) is 8.25. The van der Waals surface area contributed by atoms with Crippen molar-refractivity contribution in [3.8, 4) is 0 Å². The van der Waals surface area contributed by atoms with Crippen LogP contribution in [0.2, 0.25) is 0 Å². The highest BCUT2D eigenvalue weighted by atomic mass is 16.6. The van der Waals surface area contributed by atoms with Crippen molar-refractivity contribution in [1.82, 2.24) is 0 Å². The van der Waals surface area contributed by atoms with Gasteiger partial charge < -0.3 is 14.6 Å². The van der Waals surface area contributed by atoms with Gasteiger partial charge in [0.1, 0.15) is 12.2 Å². The Hall–Kier alpha value is -1.65. The monoisotopic (exact) mass is 334 g/mol. The van der Waals surface area contributed by atoms with E-state index < -0.39 is 29.4 Å². The second-order valence-corrected chi connectivity index (χ2v) is 7.06. The van der Waals surface area contributed by atoms with Crippen LogP contribution >= 0.6 is 0 Å². The zero-order chi connectivity index (χ0) is 18.5. The minimum Gasteiger partial charge on any atom is -0.456 e. The molecule has 1 aliphatic rings. The first-order chi connectivity index (χ1) is 11.0.